The molecule has 2 aromatic rings. The molecule has 1 aliphatic heterocycles. The van der Waals surface area contributed by atoms with Crippen LogP contribution in [0.3, 0.4) is 0 Å². The van der Waals surface area contributed by atoms with E-state index >= 15 is 0 Å². The van der Waals surface area contributed by atoms with Gasteiger partial charge in [0.05, 0.1) is 22.1 Å². The zero-order chi connectivity index (χ0) is 21.0. The van der Waals surface area contributed by atoms with Crippen LogP contribution in [0.4, 0.5) is 15.8 Å². The molecular formula is C20H19FN4O4. The SMILES string of the molecule is Cc1c(N2CCN(C(=O)COc3ccc(F)cc3)CC2)cc(C#N)cc1[N+](=O)[O-]. The van der Waals surface area contributed by atoms with Crippen molar-refractivity contribution in [3.63, 3.8) is 0 Å². The van der Waals surface area contributed by atoms with Crippen molar-refractivity contribution in [2.45, 2.75) is 6.92 Å². The highest BCUT2D eigenvalue weighted by Crippen LogP contribution is 2.31. The van der Waals surface area contributed by atoms with Gasteiger partial charge >= 0.3 is 0 Å². The fourth-order valence-corrected chi connectivity index (χ4v) is 3.23. The number of halogens is 1. The van der Waals surface area contributed by atoms with E-state index < -0.39 is 4.92 Å². The van der Waals surface area contributed by atoms with Crippen LogP contribution >= 0.6 is 0 Å². The fourth-order valence-electron chi connectivity index (χ4n) is 3.23. The van der Waals surface area contributed by atoms with Crippen LogP contribution in [-0.2, 0) is 4.79 Å². The quantitative estimate of drug-likeness (QED) is 0.567. The highest BCUT2D eigenvalue weighted by Gasteiger charge is 2.25. The summed E-state index contributed by atoms with van der Waals surface area (Å²) in [5.41, 5.74) is 1.26. The Hall–Kier alpha value is -3.67. The number of carbonyl (C=O) groups excluding carboxylic acids is 1. The third-order valence-electron chi connectivity index (χ3n) is 4.83. The number of hydrogen-bond donors (Lipinski definition) is 0. The van der Waals surface area contributed by atoms with Gasteiger partial charge in [0, 0.05) is 37.9 Å². The molecule has 150 valence electrons. The van der Waals surface area contributed by atoms with Crippen LogP contribution in [0.25, 0.3) is 0 Å². The summed E-state index contributed by atoms with van der Waals surface area (Å²) < 4.78 is 18.3. The molecule has 0 radical (unpaired) electrons. The van der Waals surface area contributed by atoms with Crippen molar-refractivity contribution in [3.05, 3.63) is 63.5 Å². The molecule has 1 heterocycles. The number of ether oxygens (including phenoxy) is 1. The second-order valence-corrected chi connectivity index (χ2v) is 6.62. The lowest BCUT2D eigenvalue weighted by molar-refractivity contribution is -0.385. The Balaban J connectivity index is 1.62. The zero-order valence-corrected chi connectivity index (χ0v) is 15.8. The van der Waals surface area contributed by atoms with E-state index in [0.29, 0.717) is 43.2 Å². The van der Waals surface area contributed by atoms with Crippen LogP contribution in [0.2, 0.25) is 0 Å². The summed E-state index contributed by atoms with van der Waals surface area (Å²) in [4.78, 5) is 26.7. The van der Waals surface area contributed by atoms with Gasteiger partial charge in [-0.15, -0.1) is 0 Å². The minimum atomic E-state index is -0.494. The molecule has 1 amide bonds. The van der Waals surface area contributed by atoms with Crippen molar-refractivity contribution >= 4 is 17.3 Å². The van der Waals surface area contributed by atoms with E-state index in [2.05, 4.69) is 0 Å². The molecule has 8 nitrogen and oxygen atoms in total. The minimum Gasteiger partial charge on any atom is -0.484 e. The fraction of sp³-hybridized carbons (Fsp3) is 0.300. The summed E-state index contributed by atoms with van der Waals surface area (Å²) in [5.74, 6) is -0.159. The number of nitriles is 1. The van der Waals surface area contributed by atoms with Gasteiger partial charge in [0.25, 0.3) is 11.6 Å². The maximum absolute atomic E-state index is 12.9. The van der Waals surface area contributed by atoms with Crippen molar-refractivity contribution in [1.29, 1.82) is 5.26 Å². The average molecular weight is 398 g/mol. The van der Waals surface area contributed by atoms with E-state index in [9.17, 15) is 19.3 Å². The number of benzene rings is 2. The van der Waals surface area contributed by atoms with Gasteiger partial charge in [-0.25, -0.2) is 4.39 Å². The molecule has 0 N–H and O–H groups in total. The van der Waals surface area contributed by atoms with Crippen molar-refractivity contribution in [1.82, 2.24) is 4.90 Å². The maximum atomic E-state index is 12.9. The molecule has 0 aliphatic carbocycles. The lowest BCUT2D eigenvalue weighted by Gasteiger charge is -2.36. The van der Waals surface area contributed by atoms with Gasteiger partial charge in [-0.1, -0.05) is 0 Å². The Morgan fingerprint density at radius 2 is 1.90 bits per heavy atom. The largest absolute Gasteiger partial charge is 0.484 e. The lowest BCUT2D eigenvalue weighted by atomic mass is 10.1. The number of rotatable bonds is 5. The number of nitrogens with zero attached hydrogens (tertiary/aromatic N) is 4. The van der Waals surface area contributed by atoms with Crippen molar-refractivity contribution in [3.8, 4) is 11.8 Å². The number of anilines is 1. The highest BCUT2D eigenvalue weighted by atomic mass is 19.1. The summed E-state index contributed by atoms with van der Waals surface area (Å²) >= 11 is 0. The number of nitro groups is 1. The standard InChI is InChI=1S/C20H19FN4O4/c1-14-18(10-15(12-22)11-19(14)25(27)28)23-6-8-24(9-7-23)20(26)13-29-17-4-2-16(21)3-5-17/h2-5,10-11H,6-9,13H2,1H3. The van der Waals surface area contributed by atoms with Gasteiger partial charge < -0.3 is 14.5 Å². The molecule has 9 heteroatoms. The van der Waals surface area contributed by atoms with Crippen LogP contribution in [-0.4, -0.2) is 48.5 Å². The first kappa shape index (κ1) is 20.1. The number of amides is 1. The Kier molecular flexibility index (Phi) is 5.93. The summed E-state index contributed by atoms with van der Waals surface area (Å²) in [7, 11) is 0. The molecule has 1 fully saturated rings. The molecule has 0 spiro atoms. The molecule has 1 aliphatic rings. The van der Waals surface area contributed by atoms with E-state index in [-0.39, 0.29) is 29.6 Å². The molecule has 0 bridgehead atoms. The summed E-state index contributed by atoms with van der Waals surface area (Å²) in [6.45, 7) is 3.32. The normalized spacial score (nSPS) is 13.7. The Labute approximate surface area is 166 Å². The summed E-state index contributed by atoms with van der Waals surface area (Å²) in [5, 5.41) is 20.4. The van der Waals surface area contributed by atoms with Gasteiger partial charge in [-0.3, -0.25) is 14.9 Å². The topological polar surface area (TPSA) is 99.7 Å². The van der Waals surface area contributed by atoms with Gasteiger partial charge in [-0.2, -0.15) is 5.26 Å². The van der Waals surface area contributed by atoms with E-state index in [4.69, 9.17) is 10.00 Å². The first-order valence-corrected chi connectivity index (χ1v) is 8.99. The third-order valence-corrected chi connectivity index (χ3v) is 4.83. The Morgan fingerprint density at radius 3 is 2.48 bits per heavy atom. The third kappa shape index (κ3) is 4.60. The summed E-state index contributed by atoms with van der Waals surface area (Å²) in [6, 6.07) is 10.3. The maximum Gasteiger partial charge on any atom is 0.275 e. The number of carbonyl (C=O) groups is 1. The van der Waals surface area contributed by atoms with Crippen LogP contribution in [0.5, 0.6) is 5.75 Å². The molecule has 0 saturated carbocycles. The molecule has 0 unspecified atom stereocenters. The smallest absolute Gasteiger partial charge is 0.275 e. The summed E-state index contributed by atoms with van der Waals surface area (Å²) in [6.07, 6.45) is 0. The van der Waals surface area contributed by atoms with Crippen LogP contribution in [0.1, 0.15) is 11.1 Å². The second-order valence-electron chi connectivity index (χ2n) is 6.62. The minimum absolute atomic E-state index is 0.0924. The number of hydrogen-bond acceptors (Lipinski definition) is 6. The van der Waals surface area contributed by atoms with Crippen LogP contribution in [0.15, 0.2) is 36.4 Å². The Bertz CT molecular complexity index is 964. The van der Waals surface area contributed by atoms with Crippen LogP contribution < -0.4 is 9.64 Å². The molecule has 3 rings (SSSR count). The van der Waals surface area contributed by atoms with Crippen molar-refractivity contribution in [2.24, 2.45) is 0 Å². The monoisotopic (exact) mass is 398 g/mol. The average Bonchev–Trinajstić information content (AvgIpc) is 2.73. The second kappa shape index (κ2) is 8.56. The van der Waals surface area contributed by atoms with Crippen molar-refractivity contribution < 1.29 is 18.8 Å². The van der Waals surface area contributed by atoms with E-state index in [1.54, 1.807) is 17.9 Å². The molecule has 0 aromatic heterocycles. The first-order valence-electron chi connectivity index (χ1n) is 8.99. The van der Waals surface area contributed by atoms with E-state index in [1.165, 1.54) is 30.3 Å². The molecular weight excluding hydrogens is 379 g/mol. The zero-order valence-electron chi connectivity index (χ0n) is 15.8. The first-order chi connectivity index (χ1) is 13.9. The lowest BCUT2D eigenvalue weighted by Crippen LogP contribution is -2.50. The molecule has 29 heavy (non-hydrogen) atoms. The predicted molar refractivity (Wildman–Crippen MR) is 103 cm³/mol. The Morgan fingerprint density at radius 1 is 1.24 bits per heavy atom. The number of nitro benzene ring substituents is 1. The molecule has 1 saturated heterocycles. The van der Waals surface area contributed by atoms with Gasteiger partial charge in [0.2, 0.25) is 0 Å². The predicted octanol–water partition coefficient (Wildman–Crippen LogP) is 2.64. The van der Waals surface area contributed by atoms with Gasteiger partial charge in [0.15, 0.2) is 6.61 Å². The van der Waals surface area contributed by atoms with E-state index in [0.717, 1.165) is 0 Å². The van der Waals surface area contributed by atoms with Crippen molar-refractivity contribution in [2.75, 3.05) is 37.7 Å². The number of piperazine rings is 1. The van der Waals surface area contributed by atoms with Gasteiger partial charge in [0.1, 0.15) is 11.6 Å². The molecule has 2 aromatic carbocycles. The van der Waals surface area contributed by atoms with Crippen LogP contribution in [0, 0.1) is 34.2 Å². The van der Waals surface area contributed by atoms with Gasteiger partial charge in [-0.05, 0) is 37.3 Å². The molecule has 0 atom stereocenters. The van der Waals surface area contributed by atoms with E-state index in [1.807, 2.05) is 11.0 Å². The highest BCUT2D eigenvalue weighted by molar-refractivity contribution is 5.78.